The standard InChI is InChI=1S/C21H27N5O2/c1-6-17-13(3)19(25-21-23-10-9-12(2)24-21)16-11-15(20(28)22-5)7-8-18(16)26(17)14(4)27/h7-11,13,17,19H,6H2,1-5H3,(H,22,28)(H,23,24,25). The Balaban J connectivity index is 2.13. The van der Waals surface area contributed by atoms with Crippen molar-refractivity contribution in [2.75, 3.05) is 17.3 Å². The number of benzene rings is 1. The van der Waals surface area contributed by atoms with Gasteiger partial charge in [-0.1, -0.05) is 13.8 Å². The Morgan fingerprint density at radius 3 is 2.61 bits per heavy atom. The molecular weight excluding hydrogens is 354 g/mol. The van der Waals surface area contributed by atoms with Crippen LogP contribution in [0.25, 0.3) is 0 Å². The molecule has 3 unspecified atom stereocenters. The van der Waals surface area contributed by atoms with Crippen LogP contribution in [0.5, 0.6) is 0 Å². The normalized spacial score (nSPS) is 21.0. The summed E-state index contributed by atoms with van der Waals surface area (Å²) >= 11 is 0. The first-order valence-electron chi connectivity index (χ1n) is 9.59. The van der Waals surface area contributed by atoms with Gasteiger partial charge < -0.3 is 15.5 Å². The lowest BCUT2D eigenvalue weighted by molar-refractivity contribution is -0.117. The van der Waals surface area contributed by atoms with E-state index in [9.17, 15) is 9.59 Å². The summed E-state index contributed by atoms with van der Waals surface area (Å²) in [5.74, 6) is 0.482. The lowest BCUT2D eigenvalue weighted by Crippen LogP contribution is -2.49. The number of hydrogen-bond acceptors (Lipinski definition) is 5. The van der Waals surface area contributed by atoms with E-state index in [0.717, 1.165) is 23.4 Å². The number of fused-ring (bicyclic) bond motifs is 1. The minimum absolute atomic E-state index is 0.00195. The van der Waals surface area contributed by atoms with E-state index in [0.29, 0.717) is 11.5 Å². The van der Waals surface area contributed by atoms with Crippen LogP contribution >= 0.6 is 0 Å². The van der Waals surface area contributed by atoms with Crippen LogP contribution in [0.3, 0.4) is 0 Å². The molecular formula is C21H27N5O2. The Hall–Kier alpha value is -2.96. The van der Waals surface area contributed by atoms with E-state index in [2.05, 4.69) is 34.4 Å². The lowest BCUT2D eigenvalue weighted by Gasteiger charge is -2.45. The van der Waals surface area contributed by atoms with Gasteiger partial charge in [0, 0.05) is 49.1 Å². The van der Waals surface area contributed by atoms with Gasteiger partial charge in [0.15, 0.2) is 0 Å². The summed E-state index contributed by atoms with van der Waals surface area (Å²) < 4.78 is 0. The lowest BCUT2D eigenvalue weighted by atomic mass is 9.80. The number of hydrogen-bond donors (Lipinski definition) is 2. The first-order valence-corrected chi connectivity index (χ1v) is 9.59. The molecule has 3 atom stereocenters. The Labute approximate surface area is 165 Å². The molecule has 0 aliphatic carbocycles. The molecule has 0 bridgehead atoms. The van der Waals surface area contributed by atoms with Gasteiger partial charge in [-0.3, -0.25) is 9.59 Å². The van der Waals surface area contributed by atoms with Crippen LogP contribution in [0.1, 0.15) is 54.8 Å². The highest BCUT2D eigenvalue weighted by atomic mass is 16.2. The van der Waals surface area contributed by atoms with E-state index in [-0.39, 0.29) is 29.8 Å². The predicted molar refractivity (Wildman–Crippen MR) is 109 cm³/mol. The molecule has 28 heavy (non-hydrogen) atoms. The maximum Gasteiger partial charge on any atom is 0.251 e. The summed E-state index contributed by atoms with van der Waals surface area (Å²) in [7, 11) is 1.61. The predicted octanol–water partition coefficient (Wildman–Crippen LogP) is 3.08. The van der Waals surface area contributed by atoms with Gasteiger partial charge in [0.25, 0.3) is 5.91 Å². The second-order valence-corrected chi connectivity index (χ2v) is 7.22. The monoisotopic (exact) mass is 381 g/mol. The number of aromatic nitrogens is 2. The first-order chi connectivity index (χ1) is 13.4. The van der Waals surface area contributed by atoms with Crippen molar-refractivity contribution in [3.05, 3.63) is 47.3 Å². The van der Waals surface area contributed by atoms with Gasteiger partial charge >= 0.3 is 0 Å². The second-order valence-electron chi connectivity index (χ2n) is 7.22. The van der Waals surface area contributed by atoms with Crippen molar-refractivity contribution >= 4 is 23.5 Å². The van der Waals surface area contributed by atoms with Crippen LogP contribution in [-0.2, 0) is 4.79 Å². The largest absolute Gasteiger partial charge is 0.355 e. The highest BCUT2D eigenvalue weighted by Crippen LogP contribution is 2.43. The quantitative estimate of drug-likeness (QED) is 0.850. The van der Waals surface area contributed by atoms with Gasteiger partial charge in [0.05, 0.1) is 6.04 Å². The molecule has 2 aromatic rings. The topological polar surface area (TPSA) is 87.2 Å². The van der Waals surface area contributed by atoms with Crippen molar-refractivity contribution in [1.82, 2.24) is 15.3 Å². The summed E-state index contributed by atoms with van der Waals surface area (Å²) in [6.07, 6.45) is 2.55. The van der Waals surface area contributed by atoms with Crippen molar-refractivity contribution in [3.63, 3.8) is 0 Å². The molecule has 2 amide bonds. The SMILES string of the molecule is CCC1C(C)C(Nc2nccc(C)n2)c2cc(C(=O)NC)ccc2N1C(C)=O. The fraction of sp³-hybridized carbons (Fsp3) is 0.429. The molecule has 3 rings (SSSR count). The second kappa shape index (κ2) is 7.96. The number of rotatable bonds is 4. The van der Waals surface area contributed by atoms with Crippen molar-refractivity contribution in [1.29, 1.82) is 0 Å². The summed E-state index contributed by atoms with van der Waals surface area (Å²) in [5, 5.41) is 6.10. The number of anilines is 2. The molecule has 1 aliphatic heterocycles. The summed E-state index contributed by atoms with van der Waals surface area (Å²) in [4.78, 5) is 35.3. The molecule has 0 fully saturated rings. The third kappa shape index (κ3) is 3.56. The smallest absolute Gasteiger partial charge is 0.251 e. The fourth-order valence-electron chi connectivity index (χ4n) is 4.05. The van der Waals surface area contributed by atoms with Gasteiger partial charge in [0.1, 0.15) is 0 Å². The molecule has 1 aliphatic rings. The van der Waals surface area contributed by atoms with Crippen LogP contribution in [-0.4, -0.2) is 34.9 Å². The van der Waals surface area contributed by atoms with E-state index in [1.54, 1.807) is 26.2 Å². The maximum absolute atomic E-state index is 12.5. The number of nitrogens with zero attached hydrogens (tertiary/aromatic N) is 3. The van der Waals surface area contributed by atoms with Gasteiger partial charge in [0.2, 0.25) is 11.9 Å². The summed E-state index contributed by atoms with van der Waals surface area (Å²) in [5.41, 5.74) is 3.16. The van der Waals surface area contributed by atoms with E-state index in [4.69, 9.17) is 0 Å². The minimum Gasteiger partial charge on any atom is -0.355 e. The van der Waals surface area contributed by atoms with Crippen molar-refractivity contribution in [2.24, 2.45) is 5.92 Å². The number of carbonyl (C=O) groups is 2. The molecule has 7 nitrogen and oxygen atoms in total. The molecule has 1 aromatic carbocycles. The van der Waals surface area contributed by atoms with Gasteiger partial charge in [-0.15, -0.1) is 0 Å². The van der Waals surface area contributed by atoms with Gasteiger partial charge in [-0.25, -0.2) is 9.97 Å². The third-order valence-corrected chi connectivity index (χ3v) is 5.41. The van der Waals surface area contributed by atoms with Crippen LogP contribution in [0.2, 0.25) is 0 Å². The average molecular weight is 381 g/mol. The highest BCUT2D eigenvalue weighted by molar-refractivity contribution is 5.97. The molecule has 0 saturated heterocycles. The fourth-order valence-corrected chi connectivity index (χ4v) is 4.05. The molecule has 148 valence electrons. The van der Waals surface area contributed by atoms with Gasteiger partial charge in [-0.05, 0) is 43.2 Å². The zero-order valence-corrected chi connectivity index (χ0v) is 17.0. The van der Waals surface area contributed by atoms with Gasteiger partial charge in [-0.2, -0.15) is 0 Å². The van der Waals surface area contributed by atoms with E-state index in [1.807, 2.05) is 30.0 Å². The molecule has 0 radical (unpaired) electrons. The average Bonchev–Trinajstić information content (AvgIpc) is 2.68. The highest BCUT2D eigenvalue weighted by Gasteiger charge is 2.40. The van der Waals surface area contributed by atoms with E-state index < -0.39 is 0 Å². The minimum atomic E-state index is -0.159. The maximum atomic E-state index is 12.5. The van der Waals surface area contributed by atoms with E-state index >= 15 is 0 Å². The zero-order valence-electron chi connectivity index (χ0n) is 17.0. The number of carbonyl (C=O) groups excluding carboxylic acids is 2. The molecule has 7 heteroatoms. The first kappa shape index (κ1) is 19.8. The number of aryl methyl sites for hydroxylation is 1. The van der Waals surface area contributed by atoms with Crippen LogP contribution in [0, 0.1) is 12.8 Å². The summed E-state index contributed by atoms with van der Waals surface area (Å²) in [6.45, 7) is 7.71. The zero-order chi connectivity index (χ0) is 20.4. The van der Waals surface area contributed by atoms with Crippen LogP contribution < -0.4 is 15.5 Å². The summed E-state index contributed by atoms with van der Waals surface area (Å²) in [6, 6.07) is 7.25. The Bertz CT molecular complexity index is 898. The Morgan fingerprint density at radius 1 is 1.25 bits per heavy atom. The van der Waals surface area contributed by atoms with E-state index in [1.165, 1.54) is 0 Å². The van der Waals surface area contributed by atoms with Crippen LogP contribution in [0.15, 0.2) is 30.5 Å². The molecule has 0 spiro atoms. The third-order valence-electron chi connectivity index (χ3n) is 5.41. The number of amides is 2. The van der Waals surface area contributed by atoms with Crippen molar-refractivity contribution < 1.29 is 9.59 Å². The number of nitrogens with one attached hydrogen (secondary N) is 2. The van der Waals surface area contributed by atoms with Crippen LogP contribution in [0.4, 0.5) is 11.6 Å². The Kier molecular flexibility index (Phi) is 5.63. The molecule has 0 saturated carbocycles. The van der Waals surface area contributed by atoms with Crippen molar-refractivity contribution in [2.45, 2.75) is 46.2 Å². The molecule has 2 N–H and O–H groups in total. The molecule has 1 aromatic heterocycles. The Morgan fingerprint density at radius 2 is 2.00 bits per heavy atom. The van der Waals surface area contributed by atoms with Crippen molar-refractivity contribution in [3.8, 4) is 0 Å². The molecule has 2 heterocycles.